The van der Waals surface area contributed by atoms with Crippen LogP contribution >= 0.6 is 0 Å². The fourth-order valence-electron chi connectivity index (χ4n) is 0.550. The maximum atomic E-state index is 10.6. The van der Waals surface area contributed by atoms with Crippen LogP contribution in [-0.2, 0) is 14.3 Å². The van der Waals surface area contributed by atoms with Crippen molar-refractivity contribution in [3.63, 3.8) is 0 Å². The normalized spacial score (nSPS) is 22.5. The second-order valence-corrected chi connectivity index (χ2v) is 1.78. The van der Waals surface area contributed by atoms with Gasteiger partial charge in [0.25, 0.3) is 6.23 Å². The molecule has 1 heterocycles. The Kier molecular flexibility index (Phi) is 1.66. The molecule has 1 aliphatic heterocycles. The van der Waals surface area contributed by atoms with Crippen LogP contribution in [0.1, 0.15) is 6.92 Å². The molecule has 0 bridgehead atoms. The molecular weight excluding hydrogens is 136 g/mol. The Balaban J connectivity index is 2.45. The number of ether oxygens (including phenoxy) is 1. The molecule has 0 aromatic carbocycles. The molecule has 0 radical (unpaired) electrons. The summed E-state index contributed by atoms with van der Waals surface area (Å²) in [5.41, 5.74) is 2.31. The third kappa shape index (κ3) is 1.31. The zero-order valence-electron chi connectivity index (χ0n) is 5.33. The largest absolute Gasteiger partial charge is 0.432 e. The van der Waals surface area contributed by atoms with Crippen molar-refractivity contribution in [1.29, 1.82) is 0 Å². The standard InChI is InChI=1S/C5H6N2O3/c1-3(8)10-5-4(9)2-6-7-5/h2,5,7H,1H3. The Bertz CT molecular complexity index is 199. The summed E-state index contributed by atoms with van der Waals surface area (Å²) in [6.45, 7) is 1.23. The number of carbonyl (C=O) groups excluding carboxylic acids is 2. The Labute approximate surface area is 57.0 Å². The van der Waals surface area contributed by atoms with E-state index in [4.69, 9.17) is 0 Å². The molecule has 0 aliphatic carbocycles. The lowest BCUT2D eigenvalue weighted by Gasteiger charge is -2.06. The van der Waals surface area contributed by atoms with Crippen molar-refractivity contribution in [2.24, 2.45) is 5.10 Å². The number of carbonyl (C=O) groups is 2. The maximum absolute atomic E-state index is 10.6. The van der Waals surface area contributed by atoms with Gasteiger partial charge in [0, 0.05) is 6.92 Å². The number of hydrogen-bond acceptors (Lipinski definition) is 5. The topological polar surface area (TPSA) is 67.8 Å². The number of Topliss-reactive ketones (excluding diaryl/α,β-unsaturated/α-hetero) is 1. The van der Waals surface area contributed by atoms with Gasteiger partial charge in [0.1, 0.15) is 0 Å². The van der Waals surface area contributed by atoms with Crippen LogP contribution in [0.25, 0.3) is 0 Å². The quantitative estimate of drug-likeness (QED) is 0.478. The minimum Gasteiger partial charge on any atom is -0.432 e. The van der Waals surface area contributed by atoms with Crippen molar-refractivity contribution >= 4 is 18.0 Å². The number of nitrogens with one attached hydrogen (secondary N) is 1. The maximum Gasteiger partial charge on any atom is 0.304 e. The van der Waals surface area contributed by atoms with Gasteiger partial charge < -0.3 is 4.74 Å². The lowest BCUT2D eigenvalue weighted by atomic mass is 10.4. The van der Waals surface area contributed by atoms with Gasteiger partial charge in [0.2, 0.25) is 5.78 Å². The first-order valence-corrected chi connectivity index (χ1v) is 2.70. The molecule has 0 spiro atoms. The van der Waals surface area contributed by atoms with Gasteiger partial charge in [-0.1, -0.05) is 0 Å². The number of nitrogens with zero attached hydrogens (tertiary/aromatic N) is 1. The van der Waals surface area contributed by atoms with Gasteiger partial charge in [0.15, 0.2) is 0 Å². The molecule has 0 amide bonds. The second-order valence-electron chi connectivity index (χ2n) is 1.78. The Morgan fingerprint density at radius 1 is 1.90 bits per heavy atom. The zero-order chi connectivity index (χ0) is 7.56. The van der Waals surface area contributed by atoms with Crippen LogP contribution < -0.4 is 5.43 Å². The smallest absolute Gasteiger partial charge is 0.304 e. The van der Waals surface area contributed by atoms with Crippen LogP contribution in [0.2, 0.25) is 0 Å². The van der Waals surface area contributed by atoms with E-state index in [0.717, 1.165) is 6.21 Å². The van der Waals surface area contributed by atoms with E-state index in [0.29, 0.717) is 0 Å². The van der Waals surface area contributed by atoms with Crippen molar-refractivity contribution in [1.82, 2.24) is 5.43 Å². The number of rotatable bonds is 1. The van der Waals surface area contributed by atoms with Crippen molar-refractivity contribution in [2.75, 3.05) is 0 Å². The van der Waals surface area contributed by atoms with Gasteiger partial charge in [-0.25, -0.2) is 0 Å². The molecule has 0 saturated carbocycles. The fourth-order valence-corrected chi connectivity index (χ4v) is 0.550. The van der Waals surface area contributed by atoms with E-state index < -0.39 is 12.2 Å². The van der Waals surface area contributed by atoms with Crippen LogP contribution in [0.5, 0.6) is 0 Å². The summed E-state index contributed by atoms with van der Waals surface area (Å²) in [5, 5.41) is 3.40. The molecule has 5 nitrogen and oxygen atoms in total. The van der Waals surface area contributed by atoms with Crippen LogP contribution in [0.4, 0.5) is 0 Å². The molecule has 1 aliphatic rings. The summed E-state index contributed by atoms with van der Waals surface area (Å²) >= 11 is 0. The van der Waals surface area contributed by atoms with Crippen molar-refractivity contribution in [2.45, 2.75) is 13.2 Å². The van der Waals surface area contributed by atoms with Crippen LogP contribution in [0, 0.1) is 0 Å². The van der Waals surface area contributed by atoms with E-state index in [1.165, 1.54) is 6.92 Å². The van der Waals surface area contributed by atoms with Crippen molar-refractivity contribution < 1.29 is 14.3 Å². The summed E-state index contributed by atoms with van der Waals surface area (Å²) in [7, 11) is 0. The van der Waals surface area contributed by atoms with E-state index in [2.05, 4.69) is 15.3 Å². The highest BCUT2D eigenvalue weighted by atomic mass is 16.6. The first-order valence-electron chi connectivity index (χ1n) is 2.70. The molecule has 0 saturated heterocycles. The van der Waals surface area contributed by atoms with E-state index in [9.17, 15) is 9.59 Å². The molecule has 0 aromatic heterocycles. The predicted octanol–water partition coefficient (Wildman–Crippen LogP) is -0.966. The van der Waals surface area contributed by atoms with Gasteiger partial charge in [-0.15, -0.1) is 0 Å². The molecular formula is C5H6N2O3. The molecule has 1 rings (SSSR count). The van der Waals surface area contributed by atoms with Gasteiger partial charge in [-0.2, -0.15) is 5.10 Å². The van der Waals surface area contributed by atoms with Crippen LogP contribution in [0.3, 0.4) is 0 Å². The predicted molar refractivity (Wildman–Crippen MR) is 32.2 cm³/mol. The average molecular weight is 142 g/mol. The van der Waals surface area contributed by atoms with Crippen LogP contribution in [-0.4, -0.2) is 24.2 Å². The van der Waals surface area contributed by atoms with Gasteiger partial charge >= 0.3 is 5.97 Å². The average Bonchev–Trinajstić information content (AvgIpc) is 2.15. The number of ketones is 1. The third-order valence-electron chi connectivity index (χ3n) is 0.926. The second kappa shape index (κ2) is 2.47. The van der Waals surface area contributed by atoms with Crippen molar-refractivity contribution in [3.8, 4) is 0 Å². The first kappa shape index (κ1) is 6.73. The Hall–Kier alpha value is -1.39. The van der Waals surface area contributed by atoms with Crippen molar-refractivity contribution in [3.05, 3.63) is 0 Å². The van der Waals surface area contributed by atoms with E-state index in [1.807, 2.05) is 0 Å². The molecule has 1 atom stereocenters. The summed E-state index contributed by atoms with van der Waals surface area (Å²) in [6.07, 6.45) is 0.172. The van der Waals surface area contributed by atoms with Gasteiger partial charge in [-0.3, -0.25) is 15.0 Å². The molecule has 1 unspecified atom stereocenters. The summed E-state index contributed by atoms with van der Waals surface area (Å²) in [6, 6.07) is 0. The first-order chi connectivity index (χ1) is 4.70. The molecule has 10 heavy (non-hydrogen) atoms. The van der Waals surface area contributed by atoms with E-state index in [-0.39, 0.29) is 5.78 Å². The zero-order valence-corrected chi connectivity index (χ0v) is 5.33. The number of hydrogen-bond donors (Lipinski definition) is 1. The highest BCUT2D eigenvalue weighted by Gasteiger charge is 2.22. The fraction of sp³-hybridized carbons (Fsp3) is 0.400. The lowest BCUT2D eigenvalue weighted by Crippen LogP contribution is -2.32. The van der Waals surface area contributed by atoms with E-state index >= 15 is 0 Å². The number of esters is 1. The highest BCUT2D eigenvalue weighted by Crippen LogP contribution is 1.94. The molecule has 1 N–H and O–H groups in total. The SMILES string of the molecule is CC(=O)OC1NN=CC1=O. The summed E-state index contributed by atoms with van der Waals surface area (Å²) < 4.78 is 4.50. The number of hydrazone groups is 1. The Morgan fingerprint density at radius 3 is 3.00 bits per heavy atom. The van der Waals surface area contributed by atoms with E-state index in [1.54, 1.807) is 0 Å². The minimum atomic E-state index is -0.905. The van der Waals surface area contributed by atoms with Crippen LogP contribution in [0.15, 0.2) is 5.10 Å². The minimum absolute atomic E-state index is 0.338. The molecule has 5 heteroatoms. The highest BCUT2D eigenvalue weighted by molar-refractivity contribution is 6.30. The van der Waals surface area contributed by atoms with Gasteiger partial charge in [-0.05, 0) is 0 Å². The third-order valence-corrected chi connectivity index (χ3v) is 0.926. The summed E-state index contributed by atoms with van der Waals surface area (Å²) in [5.74, 6) is -0.841. The monoisotopic (exact) mass is 142 g/mol. The van der Waals surface area contributed by atoms with Gasteiger partial charge in [0.05, 0.1) is 6.21 Å². The molecule has 0 aromatic rings. The molecule has 0 fully saturated rings. The molecule has 54 valence electrons. The lowest BCUT2D eigenvalue weighted by molar-refractivity contribution is -0.151. The Morgan fingerprint density at radius 2 is 2.60 bits per heavy atom. The summed E-state index contributed by atoms with van der Waals surface area (Å²) in [4.78, 5) is 20.9.